The minimum atomic E-state index is -4.77. The summed E-state index contributed by atoms with van der Waals surface area (Å²) in [6.45, 7) is 3.73. The number of carbonyl (C=O) groups is 1. The molecule has 0 aliphatic carbocycles. The molecule has 0 fully saturated rings. The number of nitriles is 1. The van der Waals surface area contributed by atoms with Gasteiger partial charge in [0.05, 0.1) is 15.5 Å². The Hall–Kier alpha value is -4.36. The number of hydrogen-bond donors (Lipinski definition) is 1. The van der Waals surface area contributed by atoms with Crippen LogP contribution in [0.4, 0.5) is 24.5 Å². The van der Waals surface area contributed by atoms with Crippen LogP contribution in [0.15, 0.2) is 60.2 Å². The zero-order valence-electron chi connectivity index (χ0n) is 18.8. The zero-order chi connectivity index (χ0) is 26.6. The van der Waals surface area contributed by atoms with Crippen molar-refractivity contribution in [2.24, 2.45) is 0 Å². The fourth-order valence-electron chi connectivity index (χ4n) is 3.19. The first kappa shape index (κ1) is 26.2. The van der Waals surface area contributed by atoms with Crippen LogP contribution in [0, 0.1) is 35.3 Å². The van der Waals surface area contributed by atoms with Crippen molar-refractivity contribution in [3.8, 4) is 17.6 Å². The quantitative estimate of drug-likeness (QED) is 0.161. The fraction of sp³-hybridized carbons (Fsp3) is 0.120. The number of aryl methyl sites for hydroxylation is 2. The van der Waals surface area contributed by atoms with E-state index < -0.39 is 34.0 Å². The zero-order valence-corrected chi connectivity index (χ0v) is 19.6. The van der Waals surface area contributed by atoms with Crippen LogP contribution in [0.1, 0.15) is 22.3 Å². The van der Waals surface area contributed by atoms with E-state index in [4.69, 9.17) is 16.3 Å². The summed E-state index contributed by atoms with van der Waals surface area (Å²) in [5, 5.41) is 23.3. The minimum absolute atomic E-state index is 0.0509. The summed E-state index contributed by atoms with van der Waals surface area (Å²) >= 11 is 6.20. The number of rotatable bonds is 6. The molecule has 0 radical (unpaired) electrons. The van der Waals surface area contributed by atoms with Crippen LogP contribution in [0.5, 0.6) is 11.5 Å². The number of amides is 1. The van der Waals surface area contributed by atoms with Crippen molar-refractivity contribution in [3.05, 3.63) is 97.6 Å². The largest absolute Gasteiger partial charge is 0.449 e. The fourth-order valence-corrected chi connectivity index (χ4v) is 3.42. The number of benzene rings is 3. The number of nitro benzene ring substituents is 1. The van der Waals surface area contributed by atoms with Gasteiger partial charge < -0.3 is 10.1 Å². The summed E-state index contributed by atoms with van der Waals surface area (Å²) in [5.74, 6) is -1.15. The molecule has 3 aromatic carbocycles. The highest BCUT2D eigenvalue weighted by molar-refractivity contribution is 6.32. The highest BCUT2D eigenvalue weighted by Gasteiger charge is 2.33. The van der Waals surface area contributed by atoms with Gasteiger partial charge in [-0.05, 0) is 61.4 Å². The van der Waals surface area contributed by atoms with E-state index in [1.54, 1.807) is 6.07 Å². The van der Waals surface area contributed by atoms with E-state index in [2.05, 4.69) is 5.32 Å². The average molecular weight is 516 g/mol. The second kappa shape index (κ2) is 10.5. The van der Waals surface area contributed by atoms with Crippen molar-refractivity contribution < 1.29 is 27.6 Å². The maximum atomic E-state index is 12.9. The molecule has 0 saturated carbocycles. The van der Waals surface area contributed by atoms with E-state index in [9.17, 15) is 33.3 Å². The average Bonchev–Trinajstić information content (AvgIpc) is 2.80. The maximum absolute atomic E-state index is 12.9. The third kappa shape index (κ3) is 6.20. The molecule has 11 heteroatoms. The molecule has 0 spiro atoms. The van der Waals surface area contributed by atoms with Crippen LogP contribution in [-0.4, -0.2) is 10.8 Å². The van der Waals surface area contributed by atoms with Crippen LogP contribution < -0.4 is 10.1 Å². The van der Waals surface area contributed by atoms with Gasteiger partial charge in [0.15, 0.2) is 0 Å². The molecule has 0 atom stereocenters. The molecule has 1 amide bonds. The lowest BCUT2D eigenvalue weighted by atomic mass is 10.1. The standard InChI is InChI=1S/C25H17ClF3N3O4/c1-14-3-6-20(15(2)9-14)31-24(33)17(13-30)10-16-4-7-22(19(26)11-16)36-23-8-5-18(25(27,28)29)12-21(23)32(34)35/h3-12H,1-2H3,(H,31,33)/b17-10-. The van der Waals surface area contributed by atoms with Gasteiger partial charge in [-0.25, -0.2) is 0 Å². The van der Waals surface area contributed by atoms with Crippen LogP contribution in [0.2, 0.25) is 5.02 Å². The van der Waals surface area contributed by atoms with Gasteiger partial charge >= 0.3 is 11.9 Å². The molecule has 7 nitrogen and oxygen atoms in total. The van der Waals surface area contributed by atoms with Gasteiger partial charge in [0.25, 0.3) is 5.91 Å². The molecule has 184 valence electrons. The monoisotopic (exact) mass is 515 g/mol. The lowest BCUT2D eigenvalue weighted by molar-refractivity contribution is -0.385. The van der Waals surface area contributed by atoms with Crippen LogP contribution in [0.25, 0.3) is 6.08 Å². The smallest absolute Gasteiger partial charge is 0.416 e. The van der Waals surface area contributed by atoms with Crippen molar-refractivity contribution in [2.75, 3.05) is 5.32 Å². The highest BCUT2D eigenvalue weighted by atomic mass is 35.5. The van der Waals surface area contributed by atoms with Gasteiger partial charge in [-0.2, -0.15) is 18.4 Å². The number of alkyl halides is 3. The summed E-state index contributed by atoms with van der Waals surface area (Å²) in [7, 11) is 0. The number of nitrogens with zero attached hydrogens (tertiary/aromatic N) is 2. The Labute approximate surface area is 208 Å². The van der Waals surface area contributed by atoms with Crippen LogP contribution in [0.3, 0.4) is 0 Å². The van der Waals surface area contributed by atoms with Gasteiger partial charge in [-0.1, -0.05) is 35.4 Å². The number of ether oxygens (including phenoxy) is 1. The normalized spacial score (nSPS) is 11.5. The van der Waals surface area contributed by atoms with E-state index in [0.29, 0.717) is 23.4 Å². The first-order valence-corrected chi connectivity index (χ1v) is 10.6. The molecule has 36 heavy (non-hydrogen) atoms. The Balaban J connectivity index is 1.85. The number of halogens is 4. The molecule has 1 N–H and O–H groups in total. The third-order valence-electron chi connectivity index (χ3n) is 4.97. The molecule has 0 bridgehead atoms. The molecular formula is C25H17ClF3N3O4. The summed E-state index contributed by atoms with van der Waals surface area (Å²) in [6, 6.07) is 13.2. The minimum Gasteiger partial charge on any atom is -0.449 e. The Bertz CT molecular complexity index is 1430. The van der Waals surface area contributed by atoms with Crippen molar-refractivity contribution >= 4 is 35.0 Å². The van der Waals surface area contributed by atoms with E-state index in [1.165, 1.54) is 24.3 Å². The van der Waals surface area contributed by atoms with Gasteiger partial charge in [0.2, 0.25) is 5.75 Å². The molecule has 3 aromatic rings. The van der Waals surface area contributed by atoms with E-state index in [-0.39, 0.29) is 16.3 Å². The van der Waals surface area contributed by atoms with Crippen molar-refractivity contribution in [3.63, 3.8) is 0 Å². The van der Waals surface area contributed by atoms with E-state index in [1.807, 2.05) is 32.0 Å². The Morgan fingerprint density at radius 1 is 1.11 bits per heavy atom. The summed E-state index contributed by atoms with van der Waals surface area (Å²) < 4.78 is 44.1. The van der Waals surface area contributed by atoms with Crippen LogP contribution >= 0.6 is 11.6 Å². The first-order valence-electron chi connectivity index (χ1n) is 10.2. The van der Waals surface area contributed by atoms with Gasteiger partial charge in [-0.15, -0.1) is 0 Å². The lowest BCUT2D eigenvalue weighted by Crippen LogP contribution is -2.14. The van der Waals surface area contributed by atoms with Crippen molar-refractivity contribution in [1.82, 2.24) is 0 Å². The number of anilines is 1. The van der Waals surface area contributed by atoms with Crippen LogP contribution in [-0.2, 0) is 11.0 Å². The highest BCUT2D eigenvalue weighted by Crippen LogP contribution is 2.39. The number of nitro groups is 1. The number of hydrogen-bond acceptors (Lipinski definition) is 5. The van der Waals surface area contributed by atoms with E-state index in [0.717, 1.165) is 17.2 Å². The molecule has 0 aliphatic rings. The topological polar surface area (TPSA) is 105 Å². The molecule has 0 heterocycles. The lowest BCUT2D eigenvalue weighted by Gasteiger charge is -2.11. The molecule has 3 rings (SSSR count). The molecule has 0 saturated heterocycles. The summed E-state index contributed by atoms with van der Waals surface area (Å²) in [6.07, 6.45) is -3.48. The van der Waals surface area contributed by atoms with Gasteiger partial charge in [0, 0.05) is 11.8 Å². The van der Waals surface area contributed by atoms with Gasteiger partial charge in [0.1, 0.15) is 17.4 Å². The molecular weight excluding hydrogens is 499 g/mol. The third-order valence-corrected chi connectivity index (χ3v) is 5.26. The second-order valence-corrected chi connectivity index (χ2v) is 8.08. The van der Waals surface area contributed by atoms with Crippen molar-refractivity contribution in [1.29, 1.82) is 5.26 Å². The summed E-state index contributed by atoms with van der Waals surface area (Å²) in [5.41, 5.74) is 0.435. The molecule has 0 aliphatic heterocycles. The Morgan fingerprint density at radius 3 is 2.39 bits per heavy atom. The number of nitrogens with one attached hydrogen (secondary N) is 1. The summed E-state index contributed by atoms with van der Waals surface area (Å²) in [4.78, 5) is 22.8. The Kier molecular flexibility index (Phi) is 7.65. The second-order valence-electron chi connectivity index (χ2n) is 7.67. The van der Waals surface area contributed by atoms with Gasteiger partial charge in [-0.3, -0.25) is 14.9 Å². The number of carbonyl (C=O) groups excluding carboxylic acids is 1. The molecule has 0 aromatic heterocycles. The predicted molar refractivity (Wildman–Crippen MR) is 128 cm³/mol. The van der Waals surface area contributed by atoms with Crippen molar-refractivity contribution in [2.45, 2.75) is 20.0 Å². The SMILES string of the molecule is Cc1ccc(NC(=O)/C(C#N)=C\c2ccc(Oc3ccc(C(F)(F)F)cc3[N+](=O)[O-])c(Cl)c2)c(C)c1. The predicted octanol–water partition coefficient (Wildman–Crippen LogP) is 7.22. The first-order chi connectivity index (χ1) is 16.9. The Morgan fingerprint density at radius 2 is 1.81 bits per heavy atom. The molecule has 0 unspecified atom stereocenters. The maximum Gasteiger partial charge on any atom is 0.416 e. The van der Waals surface area contributed by atoms with E-state index >= 15 is 0 Å².